The number of imidazole rings is 1. The summed E-state index contributed by atoms with van der Waals surface area (Å²) in [5.41, 5.74) is -3.16. The van der Waals surface area contributed by atoms with Crippen molar-refractivity contribution in [2.45, 2.75) is 18.2 Å². The van der Waals surface area contributed by atoms with Crippen molar-refractivity contribution in [1.29, 1.82) is 0 Å². The predicted molar refractivity (Wildman–Crippen MR) is 91.1 cm³/mol. The van der Waals surface area contributed by atoms with Gasteiger partial charge in [0, 0.05) is 32.4 Å². The van der Waals surface area contributed by atoms with Gasteiger partial charge in [-0.3, -0.25) is 0 Å². The van der Waals surface area contributed by atoms with Crippen molar-refractivity contribution < 1.29 is 27.8 Å². The number of carbonyl (C=O) groups excluding carboxylic acids is 1. The Kier molecular flexibility index (Phi) is 6.67. The highest BCUT2D eigenvalue weighted by molar-refractivity contribution is 5.73. The molecule has 3 N–H and O–H groups in total. The molecule has 0 aliphatic rings. The van der Waals surface area contributed by atoms with E-state index in [4.69, 9.17) is 4.74 Å². The number of halogens is 3. The van der Waals surface area contributed by atoms with Crippen LogP contribution in [-0.4, -0.2) is 46.6 Å². The number of nitrogens with one attached hydrogen (secondary N) is 2. The Morgan fingerprint density at radius 1 is 1.22 bits per heavy atom. The second-order valence-electron chi connectivity index (χ2n) is 5.81. The van der Waals surface area contributed by atoms with Crippen molar-refractivity contribution in [1.82, 2.24) is 20.2 Å². The highest BCUT2D eigenvalue weighted by atomic mass is 19.4. The van der Waals surface area contributed by atoms with E-state index in [0.717, 1.165) is 4.57 Å². The Morgan fingerprint density at radius 3 is 2.48 bits per heavy atom. The van der Waals surface area contributed by atoms with E-state index in [1.807, 2.05) is 6.07 Å². The molecular weight excluding hydrogens is 365 g/mol. The molecule has 1 aromatic carbocycles. The molecule has 1 unspecified atom stereocenters. The largest absolute Gasteiger partial charge is 0.492 e. The molecule has 2 aromatic rings. The molecule has 1 atom stereocenters. The topological polar surface area (TPSA) is 88.4 Å². The summed E-state index contributed by atoms with van der Waals surface area (Å²) in [5, 5.41) is 14.9. The van der Waals surface area contributed by atoms with E-state index in [9.17, 15) is 23.1 Å². The van der Waals surface area contributed by atoms with Gasteiger partial charge in [0.2, 0.25) is 5.60 Å². The van der Waals surface area contributed by atoms with E-state index >= 15 is 0 Å². The molecule has 148 valence electrons. The molecule has 27 heavy (non-hydrogen) atoms. The van der Waals surface area contributed by atoms with Crippen LogP contribution < -0.4 is 15.4 Å². The zero-order chi connectivity index (χ0) is 19.9. The van der Waals surface area contributed by atoms with Gasteiger partial charge in [-0.1, -0.05) is 18.2 Å². The highest BCUT2D eigenvalue weighted by Gasteiger charge is 2.57. The van der Waals surface area contributed by atoms with Crippen molar-refractivity contribution in [3.05, 3.63) is 48.5 Å². The minimum atomic E-state index is -4.94. The molecule has 1 aromatic heterocycles. The summed E-state index contributed by atoms with van der Waals surface area (Å²) >= 11 is 0. The first-order valence-electron chi connectivity index (χ1n) is 8.20. The minimum Gasteiger partial charge on any atom is -0.492 e. The van der Waals surface area contributed by atoms with Crippen molar-refractivity contribution in [3.8, 4) is 5.75 Å². The van der Waals surface area contributed by atoms with E-state index in [0.29, 0.717) is 5.75 Å². The zero-order valence-corrected chi connectivity index (χ0v) is 14.7. The first-order valence-corrected chi connectivity index (χ1v) is 8.20. The third-order valence-corrected chi connectivity index (χ3v) is 3.83. The summed E-state index contributed by atoms with van der Waals surface area (Å²) in [4.78, 5) is 15.3. The summed E-state index contributed by atoms with van der Waals surface area (Å²) in [7, 11) is 1.35. The van der Waals surface area contributed by atoms with Crippen LogP contribution in [0.5, 0.6) is 5.75 Å². The molecular formula is C17H21F3N4O3. The number of aromatic nitrogens is 2. The maximum Gasteiger partial charge on any atom is 0.424 e. The maximum absolute atomic E-state index is 13.3. The first-order chi connectivity index (χ1) is 12.7. The van der Waals surface area contributed by atoms with Crippen molar-refractivity contribution >= 4 is 6.03 Å². The van der Waals surface area contributed by atoms with Crippen LogP contribution in [0.4, 0.5) is 18.0 Å². The fraction of sp³-hybridized carbons (Fsp3) is 0.412. The summed E-state index contributed by atoms with van der Waals surface area (Å²) in [5.74, 6) is 0.110. The SMILES string of the molecule is Cn1ccnc1C(O)(CCNC(=O)NCCOc1ccccc1)C(F)(F)F. The molecule has 0 spiro atoms. The quantitative estimate of drug-likeness (QED) is 0.605. The lowest BCUT2D eigenvalue weighted by Crippen LogP contribution is -2.47. The van der Waals surface area contributed by atoms with Crippen molar-refractivity contribution in [2.24, 2.45) is 7.05 Å². The van der Waals surface area contributed by atoms with Gasteiger partial charge in [-0.2, -0.15) is 13.2 Å². The number of aliphatic hydroxyl groups is 1. The van der Waals surface area contributed by atoms with Gasteiger partial charge in [0.15, 0.2) is 0 Å². The first kappa shape index (κ1) is 20.6. The lowest BCUT2D eigenvalue weighted by molar-refractivity contribution is -0.272. The van der Waals surface area contributed by atoms with Crippen molar-refractivity contribution in [2.75, 3.05) is 19.7 Å². The Labute approximate surface area is 154 Å². The predicted octanol–water partition coefficient (Wildman–Crippen LogP) is 1.94. The molecule has 1 heterocycles. The molecule has 0 saturated carbocycles. The molecule has 0 aliphatic carbocycles. The molecule has 0 aliphatic heterocycles. The van der Waals surface area contributed by atoms with Crippen LogP contribution in [0.1, 0.15) is 12.2 Å². The van der Waals surface area contributed by atoms with Gasteiger partial charge in [-0.15, -0.1) is 0 Å². The fourth-order valence-electron chi connectivity index (χ4n) is 2.41. The molecule has 0 fully saturated rings. The van der Waals surface area contributed by atoms with Crippen LogP contribution >= 0.6 is 0 Å². The lowest BCUT2D eigenvalue weighted by Gasteiger charge is -2.29. The molecule has 0 radical (unpaired) electrons. The van der Waals surface area contributed by atoms with Gasteiger partial charge in [0.1, 0.15) is 18.2 Å². The summed E-state index contributed by atoms with van der Waals surface area (Å²) in [6, 6.07) is 8.31. The number of benzene rings is 1. The molecule has 0 saturated heterocycles. The van der Waals surface area contributed by atoms with Gasteiger partial charge in [0.25, 0.3) is 0 Å². The number of ether oxygens (including phenoxy) is 1. The van der Waals surface area contributed by atoms with Crippen LogP contribution in [0.2, 0.25) is 0 Å². The normalized spacial score (nSPS) is 13.7. The summed E-state index contributed by atoms with van der Waals surface area (Å²) in [6.45, 7) is -0.0188. The average Bonchev–Trinajstić information content (AvgIpc) is 3.05. The van der Waals surface area contributed by atoms with Crippen LogP contribution in [0.15, 0.2) is 42.7 Å². The van der Waals surface area contributed by atoms with Crippen LogP contribution in [0, 0.1) is 0 Å². The Balaban J connectivity index is 1.77. The smallest absolute Gasteiger partial charge is 0.424 e. The Bertz CT molecular complexity index is 737. The molecule has 10 heteroatoms. The van der Waals surface area contributed by atoms with E-state index in [2.05, 4.69) is 15.6 Å². The summed E-state index contributed by atoms with van der Waals surface area (Å²) in [6.07, 6.45) is -3.24. The molecule has 7 nitrogen and oxygen atoms in total. The number of hydrogen-bond donors (Lipinski definition) is 3. The molecule has 0 bridgehead atoms. The van der Waals surface area contributed by atoms with E-state index in [-0.39, 0.29) is 13.2 Å². The molecule has 2 rings (SSSR count). The molecule has 2 amide bonds. The number of rotatable bonds is 8. The van der Waals surface area contributed by atoms with Crippen LogP contribution in [0.25, 0.3) is 0 Å². The highest BCUT2D eigenvalue weighted by Crippen LogP contribution is 2.40. The number of nitrogens with zero attached hydrogens (tertiary/aromatic N) is 2. The van der Waals surface area contributed by atoms with Gasteiger partial charge in [-0.25, -0.2) is 9.78 Å². The third kappa shape index (κ3) is 5.36. The zero-order valence-electron chi connectivity index (χ0n) is 14.7. The Hall–Kier alpha value is -2.75. The number of hydrogen-bond acceptors (Lipinski definition) is 4. The number of carbonyl (C=O) groups is 1. The fourth-order valence-corrected chi connectivity index (χ4v) is 2.41. The monoisotopic (exact) mass is 386 g/mol. The van der Waals surface area contributed by atoms with E-state index in [1.54, 1.807) is 24.3 Å². The minimum absolute atomic E-state index is 0.170. The Morgan fingerprint density at radius 2 is 1.89 bits per heavy atom. The van der Waals surface area contributed by atoms with Gasteiger partial charge in [-0.05, 0) is 12.1 Å². The third-order valence-electron chi connectivity index (χ3n) is 3.83. The number of aryl methyl sites for hydroxylation is 1. The average molecular weight is 386 g/mol. The number of alkyl halides is 3. The summed E-state index contributed by atoms with van der Waals surface area (Å²) < 4.78 is 46.5. The number of urea groups is 1. The van der Waals surface area contributed by atoms with Gasteiger partial charge < -0.3 is 25.0 Å². The van der Waals surface area contributed by atoms with Gasteiger partial charge in [0.05, 0.1) is 6.54 Å². The van der Waals surface area contributed by atoms with Gasteiger partial charge >= 0.3 is 12.2 Å². The van der Waals surface area contributed by atoms with E-state index < -0.39 is 36.6 Å². The van der Waals surface area contributed by atoms with E-state index in [1.165, 1.54) is 19.4 Å². The standard InChI is InChI=1S/C17H21F3N4O3/c1-24-11-9-21-14(24)16(26,17(18,19)20)7-8-22-15(25)23-10-12-27-13-5-3-2-4-6-13/h2-6,9,11,26H,7-8,10,12H2,1H3,(H2,22,23,25). The second kappa shape index (κ2) is 8.76. The second-order valence-corrected chi connectivity index (χ2v) is 5.81. The lowest BCUT2D eigenvalue weighted by atomic mass is 9.97. The van der Waals surface area contributed by atoms with Crippen LogP contribution in [-0.2, 0) is 12.6 Å². The number of amides is 2. The van der Waals surface area contributed by atoms with Crippen LogP contribution in [0.3, 0.4) is 0 Å². The van der Waals surface area contributed by atoms with Crippen molar-refractivity contribution in [3.63, 3.8) is 0 Å². The number of para-hydroxylation sites is 1. The maximum atomic E-state index is 13.3.